The minimum Gasteiger partial charge on any atom is -0.490 e. The van der Waals surface area contributed by atoms with Gasteiger partial charge in [0.25, 0.3) is 15.6 Å². The minimum absolute atomic E-state index is 0.0340. The lowest BCUT2D eigenvalue weighted by atomic mass is 9.86. The van der Waals surface area contributed by atoms with Gasteiger partial charge in [0, 0.05) is 61.4 Å². The molecule has 0 amide bonds. The third-order valence-corrected chi connectivity index (χ3v) is 11.2. The molecule has 1 aliphatic carbocycles. The average Bonchev–Trinajstić information content (AvgIpc) is 3.43. The van der Waals surface area contributed by atoms with Crippen LogP contribution in [0.1, 0.15) is 50.7 Å². The van der Waals surface area contributed by atoms with Gasteiger partial charge in [-0.15, -0.1) is 0 Å². The SMILES string of the molecule is Cc1ccc(S(=O)(=O)n2ccc3c(-c4cc(C(C)(C)O)ccc4OC4CC(N(C)CC5CCNCC5)C4)cn(C)c(=O)c32)cc1. The molecule has 0 atom stereocenters. The van der Waals surface area contributed by atoms with Crippen molar-refractivity contribution >= 4 is 20.9 Å². The van der Waals surface area contributed by atoms with E-state index in [1.807, 2.05) is 25.1 Å². The molecule has 2 aromatic heterocycles. The van der Waals surface area contributed by atoms with Crippen molar-refractivity contribution in [3.8, 4) is 16.9 Å². The molecule has 0 unspecified atom stereocenters. The van der Waals surface area contributed by atoms with E-state index in [-0.39, 0.29) is 16.5 Å². The molecular weight excluding hydrogens is 588 g/mol. The van der Waals surface area contributed by atoms with Gasteiger partial charge in [-0.25, -0.2) is 12.4 Å². The first-order valence-corrected chi connectivity index (χ1v) is 17.2. The van der Waals surface area contributed by atoms with Crippen molar-refractivity contribution in [2.45, 2.75) is 69.1 Å². The normalized spacial score (nSPS) is 19.6. The van der Waals surface area contributed by atoms with Crippen molar-refractivity contribution in [3.63, 3.8) is 0 Å². The fourth-order valence-corrected chi connectivity index (χ4v) is 7.93. The van der Waals surface area contributed by atoms with Crippen LogP contribution in [-0.4, -0.2) is 65.8 Å². The summed E-state index contributed by atoms with van der Waals surface area (Å²) in [4.78, 5) is 16.1. The maximum Gasteiger partial charge on any atom is 0.275 e. The number of rotatable bonds is 9. The van der Waals surface area contributed by atoms with Crippen molar-refractivity contribution < 1.29 is 18.3 Å². The smallest absolute Gasteiger partial charge is 0.275 e. The summed E-state index contributed by atoms with van der Waals surface area (Å²) in [7, 11) is -0.201. The average molecular weight is 633 g/mol. The summed E-state index contributed by atoms with van der Waals surface area (Å²) in [5.41, 5.74) is 1.51. The zero-order valence-electron chi connectivity index (χ0n) is 26.8. The van der Waals surface area contributed by atoms with Gasteiger partial charge in [-0.1, -0.05) is 23.8 Å². The van der Waals surface area contributed by atoms with Gasteiger partial charge in [0.15, 0.2) is 0 Å². The molecule has 1 aliphatic heterocycles. The van der Waals surface area contributed by atoms with Gasteiger partial charge >= 0.3 is 0 Å². The van der Waals surface area contributed by atoms with Crippen LogP contribution in [0.5, 0.6) is 5.75 Å². The van der Waals surface area contributed by atoms with Gasteiger partial charge in [0.1, 0.15) is 17.4 Å². The van der Waals surface area contributed by atoms with E-state index in [1.54, 1.807) is 57.4 Å². The summed E-state index contributed by atoms with van der Waals surface area (Å²) in [5, 5.41) is 14.8. The maximum absolute atomic E-state index is 13.7. The van der Waals surface area contributed by atoms with Crippen LogP contribution in [0, 0.1) is 12.8 Å². The number of benzene rings is 2. The number of aryl methyl sites for hydroxylation is 2. The van der Waals surface area contributed by atoms with Crippen molar-refractivity contribution in [3.05, 3.63) is 82.4 Å². The Labute approximate surface area is 265 Å². The summed E-state index contributed by atoms with van der Waals surface area (Å²) in [6, 6.07) is 14.4. The lowest BCUT2D eigenvalue weighted by Crippen LogP contribution is -2.49. The van der Waals surface area contributed by atoms with E-state index in [9.17, 15) is 18.3 Å². The van der Waals surface area contributed by atoms with Crippen LogP contribution >= 0.6 is 0 Å². The van der Waals surface area contributed by atoms with Crippen molar-refractivity contribution in [1.82, 2.24) is 18.8 Å². The highest BCUT2D eigenvalue weighted by molar-refractivity contribution is 7.90. The fourth-order valence-electron chi connectivity index (χ4n) is 6.59. The van der Waals surface area contributed by atoms with Crippen molar-refractivity contribution in [2.75, 3.05) is 26.7 Å². The first kappa shape index (κ1) is 31.5. The van der Waals surface area contributed by atoms with Crippen LogP contribution in [0.25, 0.3) is 22.0 Å². The third-order valence-electron chi connectivity index (χ3n) is 9.53. The van der Waals surface area contributed by atoms with Gasteiger partial charge in [0.2, 0.25) is 0 Å². The number of hydrogen-bond acceptors (Lipinski definition) is 7. The Bertz CT molecular complexity index is 1860. The summed E-state index contributed by atoms with van der Waals surface area (Å²) in [6.45, 7) is 8.63. The summed E-state index contributed by atoms with van der Waals surface area (Å²) < 4.78 is 36.6. The largest absolute Gasteiger partial charge is 0.490 e. The number of fused-ring (bicyclic) bond motifs is 1. The summed E-state index contributed by atoms with van der Waals surface area (Å²) in [6.07, 6.45) is 7.47. The zero-order chi connectivity index (χ0) is 32.1. The molecule has 45 heavy (non-hydrogen) atoms. The summed E-state index contributed by atoms with van der Waals surface area (Å²) >= 11 is 0. The molecule has 1 saturated heterocycles. The molecule has 2 N–H and O–H groups in total. The van der Waals surface area contributed by atoms with E-state index in [0.717, 1.165) is 47.9 Å². The number of aliphatic hydroxyl groups is 1. The predicted molar refractivity (Wildman–Crippen MR) is 177 cm³/mol. The molecule has 0 bridgehead atoms. The number of aromatic nitrogens is 2. The Balaban J connectivity index is 1.35. The standard InChI is InChI=1S/C35H44N4O5S/c1-23-6-9-28(10-7-23)45(42,43)39-17-14-29-31(22-38(5)34(40)33(29)39)30-18-25(35(2,3)41)8-11-32(30)44-27-19-26(20-27)37(4)21-24-12-15-36-16-13-24/h6-11,14,17-18,22,24,26-27,36,41H,12-13,15-16,19-21H2,1-5H3. The molecule has 240 valence electrons. The number of piperidine rings is 1. The third kappa shape index (κ3) is 6.21. The highest BCUT2D eigenvalue weighted by Gasteiger charge is 2.35. The Kier molecular flexibility index (Phi) is 8.45. The van der Waals surface area contributed by atoms with Gasteiger partial charge in [-0.05, 0) is 95.6 Å². The van der Waals surface area contributed by atoms with Gasteiger partial charge in [-0.2, -0.15) is 0 Å². The number of nitrogens with one attached hydrogen (secondary N) is 1. The molecule has 4 aromatic rings. The lowest BCUT2D eigenvalue weighted by molar-refractivity contribution is 0.0211. The number of nitrogens with zero attached hydrogens (tertiary/aromatic N) is 3. The van der Waals surface area contributed by atoms with Crippen molar-refractivity contribution in [2.24, 2.45) is 13.0 Å². The second-order valence-electron chi connectivity index (χ2n) is 13.4. The van der Waals surface area contributed by atoms with Gasteiger partial charge in [-0.3, -0.25) is 4.79 Å². The Morgan fingerprint density at radius 1 is 1.04 bits per heavy atom. The summed E-state index contributed by atoms with van der Waals surface area (Å²) in [5.74, 6) is 1.37. The van der Waals surface area contributed by atoms with E-state index in [1.165, 1.54) is 23.6 Å². The Morgan fingerprint density at radius 2 is 1.73 bits per heavy atom. The molecule has 10 heteroatoms. The second kappa shape index (κ2) is 12.1. The van der Waals surface area contributed by atoms with E-state index in [2.05, 4.69) is 17.3 Å². The molecule has 0 radical (unpaired) electrons. The zero-order valence-corrected chi connectivity index (χ0v) is 27.6. The van der Waals surface area contributed by atoms with E-state index in [4.69, 9.17) is 4.74 Å². The topological polar surface area (TPSA) is 106 Å². The van der Waals surface area contributed by atoms with Crippen LogP contribution in [0.2, 0.25) is 0 Å². The van der Waals surface area contributed by atoms with Crippen LogP contribution in [0.4, 0.5) is 0 Å². The first-order valence-electron chi connectivity index (χ1n) is 15.8. The minimum atomic E-state index is -4.03. The van der Waals surface area contributed by atoms with Gasteiger partial charge in [0.05, 0.1) is 10.5 Å². The van der Waals surface area contributed by atoms with E-state index < -0.39 is 21.2 Å². The molecule has 6 rings (SSSR count). The molecular formula is C35H44N4O5S. The lowest BCUT2D eigenvalue weighted by Gasteiger charge is -2.42. The monoisotopic (exact) mass is 632 g/mol. The number of ether oxygens (including phenoxy) is 1. The molecule has 2 aromatic carbocycles. The second-order valence-corrected chi connectivity index (χ2v) is 15.2. The van der Waals surface area contributed by atoms with Crippen LogP contribution in [0.15, 0.2) is 70.6 Å². The Morgan fingerprint density at radius 3 is 2.40 bits per heavy atom. The fraction of sp³-hybridized carbons (Fsp3) is 0.457. The van der Waals surface area contributed by atoms with Crippen LogP contribution < -0.4 is 15.6 Å². The molecule has 2 fully saturated rings. The van der Waals surface area contributed by atoms with Crippen LogP contribution in [-0.2, 0) is 22.7 Å². The molecule has 9 nitrogen and oxygen atoms in total. The predicted octanol–water partition coefficient (Wildman–Crippen LogP) is 4.62. The highest BCUT2D eigenvalue weighted by Crippen LogP contribution is 2.40. The number of pyridine rings is 1. The van der Waals surface area contributed by atoms with Crippen LogP contribution in [0.3, 0.4) is 0 Å². The molecule has 0 spiro atoms. The highest BCUT2D eigenvalue weighted by atomic mass is 32.2. The maximum atomic E-state index is 13.7. The quantitative estimate of drug-likeness (QED) is 0.278. The molecule has 3 heterocycles. The Hall–Kier alpha value is -3.44. The first-order chi connectivity index (χ1) is 21.3. The molecule has 1 saturated carbocycles. The molecule has 2 aliphatic rings. The van der Waals surface area contributed by atoms with Crippen molar-refractivity contribution in [1.29, 1.82) is 0 Å². The van der Waals surface area contributed by atoms with E-state index in [0.29, 0.717) is 33.9 Å². The van der Waals surface area contributed by atoms with E-state index >= 15 is 0 Å². The van der Waals surface area contributed by atoms with Gasteiger partial charge < -0.3 is 24.6 Å². The number of hydrogen-bond donors (Lipinski definition) is 2.